The molecule has 0 radical (unpaired) electrons. The van der Waals surface area contributed by atoms with Gasteiger partial charge in [-0.1, -0.05) is 23.7 Å². The third kappa shape index (κ3) is 2.80. The molecule has 0 bridgehead atoms. The Bertz CT molecular complexity index is 392. The molecule has 0 aromatic heterocycles. The van der Waals surface area contributed by atoms with Crippen molar-refractivity contribution in [2.24, 2.45) is 0 Å². The van der Waals surface area contributed by atoms with E-state index in [-0.39, 0.29) is 0 Å². The summed E-state index contributed by atoms with van der Waals surface area (Å²) in [6.07, 6.45) is 2.25. The van der Waals surface area contributed by atoms with Crippen molar-refractivity contribution in [3.8, 4) is 0 Å². The summed E-state index contributed by atoms with van der Waals surface area (Å²) in [6, 6.07) is 5.71. The van der Waals surface area contributed by atoms with Gasteiger partial charge in [-0.05, 0) is 50.8 Å². The molecule has 1 aliphatic heterocycles. The van der Waals surface area contributed by atoms with Crippen molar-refractivity contribution in [1.82, 2.24) is 5.32 Å². The second-order valence-corrected chi connectivity index (χ2v) is 5.63. The molecule has 0 saturated carbocycles. The van der Waals surface area contributed by atoms with Crippen LogP contribution in [0.2, 0.25) is 5.02 Å². The second kappa shape index (κ2) is 4.95. The van der Waals surface area contributed by atoms with E-state index in [0.717, 1.165) is 31.5 Å². The molecule has 1 heterocycles. The van der Waals surface area contributed by atoms with Crippen LogP contribution in [0.25, 0.3) is 0 Å². The van der Waals surface area contributed by atoms with E-state index < -0.39 is 5.67 Å². The quantitative estimate of drug-likeness (QED) is 0.842. The fourth-order valence-corrected chi connectivity index (χ4v) is 3.03. The maximum Gasteiger partial charge on any atom is 0.132 e. The Hall–Kier alpha value is -0.600. The van der Waals surface area contributed by atoms with Gasteiger partial charge in [0, 0.05) is 17.1 Å². The molecule has 2 rings (SSSR count). The van der Waals surface area contributed by atoms with Gasteiger partial charge < -0.3 is 5.32 Å². The van der Waals surface area contributed by atoms with Crippen LogP contribution in [0.3, 0.4) is 0 Å². The Balaban J connectivity index is 2.42. The lowest BCUT2D eigenvalue weighted by atomic mass is 9.84. The second-order valence-electron chi connectivity index (χ2n) is 5.22. The molecule has 1 saturated heterocycles. The number of benzene rings is 1. The van der Waals surface area contributed by atoms with Crippen molar-refractivity contribution in [3.63, 3.8) is 0 Å². The van der Waals surface area contributed by atoms with Gasteiger partial charge in [-0.15, -0.1) is 0 Å². The summed E-state index contributed by atoms with van der Waals surface area (Å²) in [6.45, 7) is 5.14. The fraction of sp³-hybridized carbons (Fsp3) is 0.571. The van der Waals surface area contributed by atoms with Gasteiger partial charge in [-0.25, -0.2) is 4.39 Å². The van der Waals surface area contributed by atoms with Gasteiger partial charge in [0.1, 0.15) is 5.67 Å². The molecule has 1 fully saturated rings. The molecule has 0 spiro atoms. The molecule has 1 aromatic carbocycles. The van der Waals surface area contributed by atoms with Crippen molar-refractivity contribution in [3.05, 3.63) is 34.3 Å². The molecule has 1 unspecified atom stereocenters. The van der Waals surface area contributed by atoms with Crippen LogP contribution in [0.4, 0.5) is 4.39 Å². The highest BCUT2D eigenvalue weighted by molar-refractivity contribution is 6.31. The average molecular weight is 256 g/mol. The van der Waals surface area contributed by atoms with E-state index >= 15 is 0 Å². The molecular weight excluding hydrogens is 237 g/mol. The SMILES string of the molecule is CC(C)(F)c1c(Cl)cccc1C1CCCNC1. The maximum atomic E-state index is 14.3. The zero-order valence-corrected chi connectivity index (χ0v) is 11.1. The van der Waals surface area contributed by atoms with Gasteiger partial charge in [0.15, 0.2) is 0 Å². The van der Waals surface area contributed by atoms with Crippen molar-refractivity contribution < 1.29 is 4.39 Å². The molecule has 1 N–H and O–H groups in total. The minimum atomic E-state index is -1.38. The van der Waals surface area contributed by atoms with Crippen LogP contribution in [-0.4, -0.2) is 13.1 Å². The average Bonchev–Trinajstić information content (AvgIpc) is 2.28. The van der Waals surface area contributed by atoms with Crippen LogP contribution >= 0.6 is 11.6 Å². The third-order valence-corrected chi connectivity index (χ3v) is 3.69. The van der Waals surface area contributed by atoms with Crippen LogP contribution < -0.4 is 5.32 Å². The maximum absolute atomic E-state index is 14.3. The molecule has 1 aliphatic rings. The lowest BCUT2D eigenvalue weighted by molar-refractivity contribution is 0.218. The standard InChI is InChI=1S/C14H19ClFN/c1-14(2,16)13-11(6-3-7-12(13)15)10-5-4-8-17-9-10/h3,6-7,10,17H,4-5,8-9H2,1-2H3. The lowest BCUT2D eigenvalue weighted by Gasteiger charge is -2.29. The predicted octanol–water partition coefficient (Wildman–Crippen LogP) is 4.01. The first-order valence-electron chi connectivity index (χ1n) is 6.18. The van der Waals surface area contributed by atoms with E-state index in [1.807, 2.05) is 12.1 Å². The van der Waals surface area contributed by atoms with Crippen LogP contribution in [0, 0.1) is 0 Å². The Kier molecular flexibility index (Phi) is 3.74. The normalized spacial score (nSPS) is 21.5. The summed E-state index contributed by atoms with van der Waals surface area (Å²) >= 11 is 6.17. The number of piperidine rings is 1. The number of rotatable bonds is 2. The highest BCUT2D eigenvalue weighted by Crippen LogP contribution is 2.38. The molecule has 3 heteroatoms. The number of hydrogen-bond donors (Lipinski definition) is 1. The summed E-state index contributed by atoms with van der Waals surface area (Å²) in [5, 5.41) is 3.91. The van der Waals surface area contributed by atoms with Gasteiger partial charge in [-0.2, -0.15) is 0 Å². The Morgan fingerprint density at radius 1 is 1.41 bits per heavy atom. The van der Waals surface area contributed by atoms with Crippen LogP contribution in [0.1, 0.15) is 43.7 Å². The summed E-state index contributed by atoms with van der Waals surface area (Å²) in [4.78, 5) is 0. The zero-order chi connectivity index (χ0) is 12.5. The van der Waals surface area contributed by atoms with Crippen LogP contribution in [-0.2, 0) is 5.67 Å². The molecule has 0 amide bonds. The van der Waals surface area contributed by atoms with Gasteiger partial charge in [-0.3, -0.25) is 0 Å². The minimum absolute atomic E-state index is 0.382. The van der Waals surface area contributed by atoms with E-state index in [4.69, 9.17) is 11.6 Å². The number of halogens is 2. The Morgan fingerprint density at radius 2 is 2.18 bits per heavy atom. The summed E-state index contributed by atoms with van der Waals surface area (Å²) in [7, 11) is 0. The highest BCUT2D eigenvalue weighted by Gasteiger charge is 2.29. The zero-order valence-electron chi connectivity index (χ0n) is 10.4. The van der Waals surface area contributed by atoms with Crippen LogP contribution in [0.15, 0.2) is 18.2 Å². The van der Waals surface area contributed by atoms with Crippen molar-refractivity contribution in [2.45, 2.75) is 38.3 Å². The monoisotopic (exact) mass is 255 g/mol. The molecule has 1 nitrogen and oxygen atoms in total. The Morgan fingerprint density at radius 3 is 2.76 bits per heavy atom. The molecule has 0 aliphatic carbocycles. The highest BCUT2D eigenvalue weighted by atomic mass is 35.5. The summed E-state index contributed by atoms with van der Waals surface area (Å²) in [5.41, 5.74) is 0.345. The lowest BCUT2D eigenvalue weighted by Crippen LogP contribution is -2.30. The van der Waals surface area contributed by atoms with Gasteiger partial charge >= 0.3 is 0 Å². The largest absolute Gasteiger partial charge is 0.316 e. The van der Waals surface area contributed by atoms with E-state index in [2.05, 4.69) is 5.32 Å². The number of nitrogens with one attached hydrogen (secondary N) is 1. The summed E-state index contributed by atoms with van der Waals surface area (Å²) < 4.78 is 14.3. The minimum Gasteiger partial charge on any atom is -0.316 e. The fourth-order valence-electron chi connectivity index (χ4n) is 2.63. The first-order valence-corrected chi connectivity index (χ1v) is 6.56. The number of alkyl halides is 1. The first kappa shape index (κ1) is 12.8. The first-order chi connectivity index (χ1) is 8.00. The van der Waals surface area contributed by atoms with Gasteiger partial charge in [0.25, 0.3) is 0 Å². The predicted molar refractivity (Wildman–Crippen MR) is 70.4 cm³/mol. The van der Waals surface area contributed by atoms with Crippen LogP contribution in [0.5, 0.6) is 0 Å². The van der Waals surface area contributed by atoms with E-state index in [1.165, 1.54) is 0 Å². The molecule has 1 atom stereocenters. The third-order valence-electron chi connectivity index (χ3n) is 3.38. The van der Waals surface area contributed by atoms with Crippen molar-refractivity contribution >= 4 is 11.6 Å². The van der Waals surface area contributed by atoms with Crippen molar-refractivity contribution in [1.29, 1.82) is 0 Å². The number of hydrogen-bond acceptors (Lipinski definition) is 1. The van der Waals surface area contributed by atoms with Gasteiger partial charge in [0.2, 0.25) is 0 Å². The smallest absolute Gasteiger partial charge is 0.132 e. The molecule has 1 aromatic rings. The summed E-state index contributed by atoms with van der Waals surface area (Å²) in [5.74, 6) is 0.382. The Labute approximate surface area is 107 Å². The van der Waals surface area contributed by atoms with Gasteiger partial charge in [0.05, 0.1) is 0 Å². The molecule has 17 heavy (non-hydrogen) atoms. The van der Waals surface area contributed by atoms with E-state index in [0.29, 0.717) is 16.5 Å². The van der Waals surface area contributed by atoms with Crippen molar-refractivity contribution in [2.75, 3.05) is 13.1 Å². The van der Waals surface area contributed by atoms with E-state index in [9.17, 15) is 4.39 Å². The molecular formula is C14H19ClFN. The topological polar surface area (TPSA) is 12.0 Å². The molecule has 94 valence electrons. The van der Waals surface area contributed by atoms with E-state index in [1.54, 1.807) is 19.9 Å².